The van der Waals surface area contributed by atoms with Crippen LogP contribution >= 0.6 is 0 Å². The van der Waals surface area contributed by atoms with E-state index >= 15 is 0 Å². The molecule has 1 aromatic carbocycles. The van der Waals surface area contributed by atoms with E-state index in [1.165, 1.54) is 5.57 Å². The highest BCUT2D eigenvalue weighted by Gasteiger charge is 1.66. The summed E-state index contributed by atoms with van der Waals surface area (Å²) in [6.07, 6.45) is 13.4. The summed E-state index contributed by atoms with van der Waals surface area (Å²) in [5.41, 5.74) is 1.23. The van der Waals surface area contributed by atoms with Crippen molar-refractivity contribution in [3.8, 4) is 0 Å². The lowest BCUT2D eigenvalue weighted by molar-refractivity contribution is 1.49. The third-order valence-corrected chi connectivity index (χ3v) is 1.99. The van der Waals surface area contributed by atoms with Gasteiger partial charge in [-0.15, -0.1) is 0 Å². The first kappa shape index (κ1) is 34.3. The summed E-state index contributed by atoms with van der Waals surface area (Å²) < 4.78 is 0. The number of hydrogen-bond acceptors (Lipinski definition) is 0. The van der Waals surface area contributed by atoms with Gasteiger partial charge in [-0.25, -0.2) is 0 Å². The maximum atomic E-state index is 3.56. The van der Waals surface area contributed by atoms with Gasteiger partial charge in [0.2, 0.25) is 0 Å². The van der Waals surface area contributed by atoms with Gasteiger partial charge >= 0.3 is 0 Å². The van der Waals surface area contributed by atoms with E-state index in [9.17, 15) is 0 Å². The van der Waals surface area contributed by atoms with Crippen molar-refractivity contribution in [2.45, 2.75) is 62.3 Å². The zero-order valence-electron chi connectivity index (χ0n) is 18.4. The molecule has 0 aromatic heterocycles. The Morgan fingerprint density at radius 1 is 0.640 bits per heavy atom. The van der Waals surface area contributed by atoms with Gasteiger partial charge in [0.25, 0.3) is 0 Å². The second kappa shape index (κ2) is 49.5. The van der Waals surface area contributed by atoms with Crippen LogP contribution in [-0.2, 0) is 0 Å². The third-order valence-electron chi connectivity index (χ3n) is 1.99. The molecule has 0 nitrogen and oxygen atoms in total. The summed E-state index contributed by atoms with van der Waals surface area (Å²) in [5, 5.41) is 0. The molecule has 0 atom stereocenters. The van der Waals surface area contributed by atoms with Gasteiger partial charge in [0.05, 0.1) is 0 Å². The molecule has 0 heterocycles. The van der Waals surface area contributed by atoms with Crippen molar-refractivity contribution >= 4 is 0 Å². The van der Waals surface area contributed by atoms with Crippen LogP contribution in [0.5, 0.6) is 0 Å². The molecule has 0 aliphatic rings. The standard InChI is InChI=1S/C7H10.C6H6.C6H10.3C2H6/c1-3-5-7-6-4-2;1-2-4-6-5-3-1;1-4-6(3)5-2;3*1-2/h3-7H,1H2,2H3;1-6H;4-5H,1H2,2-3H3;3*1-2H3/b6-4-,7-5-;;6-5-;;;. The molecule has 1 rings (SSSR count). The average molecular weight is 345 g/mol. The van der Waals surface area contributed by atoms with Crippen molar-refractivity contribution in [1.29, 1.82) is 0 Å². The lowest BCUT2D eigenvalue weighted by Crippen LogP contribution is -1.57. The van der Waals surface area contributed by atoms with Gasteiger partial charge < -0.3 is 0 Å². The highest BCUT2D eigenvalue weighted by molar-refractivity contribution is 5.10. The van der Waals surface area contributed by atoms with Gasteiger partial charge in [-0.05, 0) is 20.8 Å². The molecule has 0 fully saturated rings. The minimum Gasteiger partial charge on any atom is -0.0991 e. The molecule has 0 amide bonds. The molecule has 144 valence electrons. The van der Waals surface area contributed by atoms with Crippen LogP contribution in [0.3, 0.4) is 0 Å². The summed E-state index contributed by atoms with van der Waals surface area (Å²) >= 11 is 0. The molecule has 0 bridgehead atoms. The maximum Gasteiger partial charge on any atom is -0.0401 e. The quantitative estimate of drug-likeness (QED) is 0.479. The van der Waals surface area contributed by atoms with Crippen LogP contribution in [0.2, 0.25) is 0 Å². The lowest BCUT2D eigenvalue weighted by atomic mass is 10.3. The van der Waals surface area contributed by atoms with Gasteiger partial charge in [-0.3, -0.25) is 0 Å². The van der Waals surface area contributed by atoms with Crippen molar-refractivity contribution in [3.63, 3.8) is 0 Å². The van der Waals surface area contributed by atoms with E-state index in [0.29, 0.717) is 0 Å². The van der Waals surface area contributed by atoms with Gasteiger partial charge in [0.1, 0.15) is 0 Å². The Labute approximate surface area is 160 Å². The molecule has 0 aliphatic carbocycles. The molecule has 0 heteroatoms. The molecule has 0 saturated carbocycles. The Kier molecular flexibility index (Phi) is 67.9. The minimum atomic E-state index is 1.23. The Morgan fingerprint density at radius 2 is 1.00 bits per heavy atom. The largest absolute Gasteiger partial charge is 0.0991 e. The van der Waals surface area contributed by atoms with E-state index in [1.54, 1.807) is 6.08 Å². The fourth-order valence-corrected chi connectivity index (χ4v) is 0.757. The van der Waals surface area contributed by atoms with Crippen molar-refractivity contribution in [2.75, 3.05) is 0 Å². The van der Waals surface area contributed by atoms with Crippen molar-refractivity contribution in [2.24, 2.45) is 0 Å². The molecule has 0 N–H and O–H groups in total. The second-order valence-electron chi connectivity index (χ2n) is 3.54. The predicted octanol–water partition coefficient (Wildman–Crippen LogP) is 9.21. The number of allylic oxidation sites excluding steroid dienone is 8. The van der Waals surface area contributed by atoms with Crippen LogP contribution in [0.1, 0.15) is 62.3 Å². The predicted molar refractivity (Wildman–Crippen MR) is 124 cm³/mol. The summed E-state index contributed by atoms with van der Waals surface area (Å²) in [4.78, 5) is 0. The molecular weight excluding hydrogens is 300 g/mol. The number of benzene rings is 1. The molecule has 0 saturated heterocycles. The first-order valence-electron chi connectivity index (χ1n) is 9.38. The molecule has 25 heavy (non-hydrogen) atoms. The zero-order valence-corrected chi connectivity index (χ0v) is 18.4. The Hall–Kier alpha value is -2.08. The molecule has 0 unspecified atom stereocenters. The van der Waals surface area contributed by atoms with Gasteiger partial charge in [0, 0.05) is 0 Å². The number of rotatable bonds is 3. The molecule has 1 aromatic rings. The van der Waals surface area contributed by atoms with E-state index in [0.717, 1.165) is 0 Å². The summed E-state index contributed by atoms with van der Waals surface area (Å²) in [6, 6.07) is 12.0. The summed E-state index contributed by atoms with van der Waals surface area (Å²) in [7, 11) is 0. The summed E-state index contributed by atoms with van der Waals surface area (Å²) in [6.45, 7) is 25.1. The average Bonchev–Trinajstić information content (AvgIpc) is 2.74. The smallest absolute Gasteiger partial charge is 0.0401 e. The first-order valence-corrected chi connectivity index (χ1v) is 9.38. The Bertz CT molecular complexity index is 351. The minimum absolute atomic E-state index is 1.23. The van der Waals surface area contributed by atoms with Crippen LogP contribution < -0.4 is 0 Å². The van der Waals surface area contributed by atoms with Crippen molar-refractivity contribution < 1.29 is 0 Å². The highest BCUT2D eigenvalue weighted by atomic mass is 13.7. The maximum absolute atomic E-state index is 3.56. The molecular formula is C25H44. The van der Waals surface area contributed by atoms with Gasteiger partial charge in [0.15, 0.2) is 0 Å². The van der Waals surface area contributed by atoms with E-state index < -0.39 is 0 Å². The Balaban J connectivity index is -0.0000000695. The summed E-state index contributed by atoms with van der Waals surface area (Å²) in [5.74, 6) is 0. The molecule has 0 spiro atoms. The topological polar surface area (TPSA) is 0 Å². The molecule has 0 radical (unpaired) electrons. The van der Waals surface area contributed by atoms with Gasteiger partial charge in [-0.2, -0.15) is 0 Å². The monoisotopic (exact) mass is 344 g/mol. The molecule has 0 aliphatic heterocycles. The van der Waals surface area contributed by atoms with Crippen molar-refractivity contribution in [1.82, 2.24) is 0 Å². The first-order chi connectivity index (χ1) is 12.2. The number of hydrogen-bond donors (Lipinski definition) is 0. The fraction of sp³-hybridized carbons (Fsp3) is 0.360. The van der Waals surface area contributed by atoms with E-state index in [2.05, 4.69) is 13.2 Å². The van der Waals surface area contributed by atoms with Crippen LogP contribution in [0.15, 0.2) is 97.7 Å². The van der Waals surface area contributed by atoms with Gasteiger partial charge in [-0.1, -0.05) is 139 Å². The zero-order chi connectivity index (χ0) is 20.8. The highest BCUT2D eigenvalue weighted by Crippen LogP contribution is 1.88. The van der Waals surface area contributed by atoms with Crippen LogP contribution in [0.4, 0.5) is 0 Å². The third kappa shape index (κ3) is 61.2. The van der Waals surface area contributed by atoms with E-state index in [1.807, 2.05) is 135 Å². The van der Waals surface area contributed by atoms with Crippen LogP contribution in [-0.4, -0.2) is 0 Å². The van der Waals surface area contributed by atoms with Crippen LogP contribution in [0.25, 0.3) is 0 Å². The lowest BCUT2D eigenvalue weighted by Gasteiger charge is -1.78. The van der Waals surface area contributed by atoms with E-state index in [4.69, 9.17) is 0 Å². The van der Waals surface area contributed by atoms with Crippen molar-refractivity contribution in [3.05, 3.63) is 97.7 Å². The second-order valence-corrected chi connectivity index (χ2v) is 3.54. The SMILES string of the molecule is C=C/C(C)=C\C.C=C/C=C\C=C/C.CC.CC.CC.c1ccccc1. The van der Waals surface area contributed by atoms with E-state index in [-0.39, 0.29) is 0 Å². The fourth-order valence-electron chi connectivity index (χ4n) is 0.757. The van der Waals surface area contributed by atoms with Crippen LogP contribution in [0, 0.1) is 0 Å². The normalized spacial score (nSPS) is 8.44. The Morgan fingerprint density at radius 3 is 1.16 bits per heavy atom.